The molecule has 61 heavy (non-hydrogen) atoms. The molecule has 0 saturated carbocycles. The van der Waals surface area contributed by atoms with Gasteiger partial charge in [0.25, 0.3) is 0 Å². The van der Waals surface area contributed by atoms with Gasteiger partial charge in [0.1, 0.15) is 17.2 Å². The molecule has 0 aliphatic carbocycles. The van der Waals surface area contributed by atoms with Gasteiger partial charge in [-0.15, -0.1) is 5.10 Å². The Hall–Kier alpha value is -4.88. The van der Waals surface area contributed by atoms with Crippen molar-refractivity contribution in [3.8, 4) is 5.75 Å². The van der Waals surface area contributed by atoms with E-state index in [0.717, 1.165) is 30.0 Å². The van der Waals surface area contributed by atoms with E-state index in [2.05, 4.69) is 10.3 Å². The van der Waals surface area contributed by atoms with Crippen LogP contribution in [-0.4, -0.2) is 132 Å². The molecule has 1 aromatic heterocycles. The summed E-state index contributed by atoms with van der Waals surface area (Å²) < 4.78 is 52.4. The Kier molecular flexibility index (Phi) is 18.5. The lowest BCUT2D eigenvalue weighted by molar-refractivity contribution is -0.144. The van der Waals surface area contributed by atoms with Crippen LogP contribution in [0.5, 0.6) is 5.75 Å². The summed E-state index contributed by atoms with van der Waals surface area (Å²) in [6.07, 6.45) is 6.04. The number of ketones is 3. The SMILES string of the molecule is CC(=O)CCCCOCCOCCOCCCCC(=O)c1cn(C2C[C@@H](C(=O)C[C@@H](Cc3ccc(OC(=O)N4CCCC4)cc3)C(=O)O)N(S(=O)(=O)c3ccccc3)C2)nn1. The number of Topliss-reactive ketones (excluding diaryl/α,β-unsaturated/α-hetero) is 3. The van der Waals surface area contributed by atoms with Gasteiger partial charge in [0, 0.05) is 52.1 Å². The van der Waals surface area contributed by atoms with E-state index in [-0.39, 0.29) is 48.0 Å². The Bertz CT molecular complexity index is 2000. The molecule has 2 aliphatic rings. The number of benzene rings is 2. The molecule has 17 nitrogen and oxygen atoms in total. The van der Waals surface area contributed by atoms with Crippen LogP contribution in [0.4, 0.5) is 4.79 Å². The number of ether oxygens (including phenoxy) is 4. The molecule has 0 spiro atoms. The van der Waals surface area contributed by atoms with Crippen LogP contribution in [0.1, 0.15) is 93.2 Å². The van der Waals surface area contributed by atoms with E-state index in [1.807, 2.05) is 0 Å². The summed E-state index contributed by atoms with van der Waals surface area (Å²) >= 11 is 0. The number of carbonyl (C=O) groups is 5. The summed E-state index contributed by atoms with van der Waals surface area (Å²) in [5, 5.41) is 18.4. The lowest BCUT2D eigenvalue weighted by Crippen LogP contribution is -2.41. The van der Waals surface area contributed by atoms with E-state index in [4.69, 9.17) is 18.9 Å². The number of sulfonamides is 1. The Balaban J connectivity index is 1.11. The fourth-order valence-corrected chi connectivity index (χ4v) is 8.93. The first kappa shape index (κ1) is 47.2. The van der Waals surface area contributed by atoms with Crippen molar-refractivity contribution >= 4 is 39.4 Å². The molecule has 3 aromatic rings. The molecular weight excluding hydrogens is 811 g/mol. The van der Waals surface area contributed by atoms with Crippen LogP contribution in [0, 0.1) is 5.92 Å². The maximum atomic E-state index is 14.0. The summed E-state index contributed by atoms with van der Waals surface area (Å²) in [5.74, 6) is -2.67. The number of likely N-dealkylation sites (tertiary alicyclic amines) is 1. The summed E-state index contributed by atoms with van der Waals surface area (Å²) in [4.78, 5) is 64.4. The van der Waals surface area contributed by atoms with Crippen molar-refractivity contribution in [2.24, 2.45) is 5.92 Å². The summed E-state index contributed by atoms with van der Waals surface area (Å²) in [5.41, 5.74) is 0.717. The van der Waals surface area contributed by atoms with Crippen molar-refractivity contribution in [3.05, 3.63) is 72.1 Å². The zero-order valence-corrected chi connectivity index (χ0v) is 35.5. The van der Waals surface area contributed by atoms with E-state index >= 15 is 0 Å². The van der Waals surface area contributed by atoms with Crippen molar-refractivity contribution < 1.29 is 56.4 Å². The number of carboxylic acids is 1. The highest BCUT2D eigenvalue weighted by molar-refractivity contribution is 7.89. The van der Waals surface area contributed by atoms with Crippen LogP contribution in [0.15, 0.2) is 65.7 Å². The van der Waals surface area contributed by atoms with Gasteiger partial charge in [-0.1, -0.05) is 35.5 Å². The largest absolute Gasteiger partial charge is 0.481 e. The van der Waals surface area contributed by atoms with Crippen LogP contribution in [0.3, 0.4) is 0 Å². The number of nitrogens with zero attached hydrogens (tertiary/aromatic N) is 5. The maximum Gasteiger partial charge on any atom is 0.415 e. The van der Waals surface area contributed by atoms with Crippen LogP contribution in [0.25, 0.3) is 0 Å². The van der Waals surface area contributed by atoms with Crippen molar-refractivity contribution in [2.45, 2.75) is 94.5 Å². The summed E-state index contributed by atoms with van der Waals surface area (Å²) in [6, 6.07) is 12.3. The van der Waals surface area contributed by atoms with Gasteiger partial charge in [-0.3, -0.25) is 14.4 Å². The normalized spacial score (nSPS) is 17.4. The molecule has 2 aromatic carbocycles. The number of aromatic nitrogens is 3. The highest BCUT2D eigenvalue weighted by Crippen LogP contribution is 2.34. The molecule has 18 heteroatoms. The van der Waals surface area contributed by atoms with Crippen LogP contribution in [-0.2, 0) is 45.0 Å². The predicted octanol–water partition coefficient (Wildman–Crippen LogP) is 4.94. The Morgan fingerprint density at radius 3 is 2.07 bits per heavy atom. The van der Waals surface area contributed by atoms with E-state index in [9.17, 15) is 37.5 Å². The minimum atomic E-state index is -4.20. The van der Waals surface area contributed by atoms with E-state index < -0.39 is 52.3 Å². The Morgan fingerprint density at radius 2 is 1.44 bits per heavy atom. The first-order valence-corrected chi connectivity index (χ1v) is 22.4. The number of carbonyl (C=O) groups excluding carboxylic acids is 4. The average Bonchev–Trinajstić information content (AvgIpc) is 4.05. The third kappa shape index (κ3) is 14.6. The van der Waals surface area contributed by atoms with Crippen LogP contribution >= 0.6 is 0 Å². The number of aliphatic carboxylic acids is 1. The third-order valence-corrected chi connectivity index (χ3v) is 12.5. The van der Waals surface area contributed by atoms with Crippen molar-refractivity contribution in [3.63, 3.8) is 0 Å². The topological polar surface area (TPSA) is 214 Å². The molecule has 1 N–H and O–H groups in total. The molecular formula is C43H57N5O12S. The average molecular weight is 868 g/mol. The minimum absolute atomic E-state index is 0.00159. The lowest BCUT2D eigenvalue weighted by atomic mass is 9.91. The van der Waals surface area contributed by atoms with Crippen molar-refractivity contribution in [2.75, 3.05) is 59.3 Å². The zero-order chi connectivity index (χ0) is 43.6. The van der Waals surface area contributed by atoms with Gasteiger partial charge in [0.15, 0.2) is 11.6 Å². The zero-order valence-electron chi connectivity index (χ0n) is 34.7. The predicted molar refractivity (Wildman–Crippen MR) is 221 cm³/mol. The number of hydrogen-bond acceptors (Lipinski definition) is 13. The Labute approximate surface area is 356 Å². The molecule has 1 unspecified atom stereocenters. The van der Waals surface area contributed by atoms with Crippen molar-refractivity contribution in [1.82, 2.24) is 24.2 Å². The van der Waals surface area contributed by atoms with Gasteiger partial charge in [-0.05, 0) is 88.1 Å². The standard InChI is InChI=1S/C43H57N5O12S/c1-32(49)11-5-9-21-57-23-25-59-26-24-58-22-10-6-14-40(50)38-31-47(45-44-38)35-29-39(48(30-35)61(55,56)37-12-3-2-4-13-37)41(51)28-34(42(52)53)27-33-15-17-36(18-16-33)60-43(54)46-19-7-8-20-46/h2-4,12-13,15-18,31,34-35,39H,5-11,14,19-30H2,1H3,(H,52,53)/t34-,35?,39+/m1/s1. The molecule has 3 atom stereocenters. The maximum absolute atomic E-state index is 14.0. The van der Waals surface area contributed by atoms with Crippen LogP contribution < -0.4 is 4.74 Å². The van der Waals surface area contributed by atoms with Gasteiger partial charge >= 0.3 is 12.1 Å². The molecule has 2 saturated heterocycles. The fraction of sp³-hybridized carbons (Fsp3) is 0.558. The molecule has 2 aliphatic heterocycles. The summed E-state index contributed by atoms with van der Waals surface area (Å²) in [6.45, 7) is 5.51. The van der Waals surface area contributed by atoms with Gasteiger partial charge in [0.05, 0.1) is 55.5 Å². The highest BCUT2D eigenvalue weighted by Gasteiger charge is 2.45. The first-order chi connectivity index (χ1) is 29.4. The Morgan fingerprint density at radius 1 is 0.820 bits per heavy atom. The molecule has 0 bridgehead atoms. The van der Waals surface area contributed by atoms with Gasteiger partial charge in [0.2, 0.25) is 10.0 Å². The molecule has 5 rings (SSSR count). The minimum Gasteiger partial charge on any atom is -0.481 e. The quantitative estimate of drug-likeness (QED) is 0.0794. The molecule has 0 radical (unpaired) electrons. The molecule has 332 valence electrons. The molecule has 2 fully saturated rings. The fourth-order valence-electron chi connectivity index (χ4n) is 7.25. The smallest absolute Gasteiger partial charge is 0.415 e. The van der Waals surface area contributed by atoms with E-state index in [1.54, 1.807) is 54.3 Å². The van der Waals surface area contributed by atoms with Gasteiger partial charge in [-0.2, -0.15) is 4.31 Å². The lowest BCUT2D eigenvalue weighted by Gasteiger charge is -2.24. The van der Waals surface area contributed by atoms with Gasteiger partial charge < -0.3 is 33.7 Å². The highest BCUT2D eigenvalue weighted by atomic mass is 32.2. The first-order valence-electron chi connectivity index (χ1n) is 21.0. The second-order valence-corrected chi connectivity index (χ2v) is 17.3. The molecule has 3 heterocycles. The monoisotopic (exact) mass is 867 g/mol. The van der Waals surface area contributed by atoms with E-state index in [1.165, 1.54) is 23.0 Å². The van der Waals surface area contributed by atoms with E-state index in [0.29, 0.717) is 83.3 Å². The van der Waals surface area contributed by atoms with Gasteiger partial charge in [-0.25, -0.2) is 17.9 Å². The summed E-state index contributed by atoms with van der Waals surface area (Å²) in [7, 11) is -4.20. The van der Waals surface area contributed by atoms with Crippen LogP contribution in [0.2, 0.25) is 0 Å². The number of rotatable bonds is 27. The molecule has 1 amide bonds. The number of hydrogen-bond donors (Lipinski definition) is 1. The number of carboxylic acid groups (broad SMARTS) is 1. The second-order valence-electron chi connectivity index (χ2n) is 15.4. The second kappa shape index (κ2) is 23.9. The number of amides is 1. The third-order valence-electron chi connectivity index (χ3n) is 10.7. The number of unbranched alkanes of at least 4 members (excludes halogenated alkanes) is 2. The van der Waals surface area contributed by atoms with Crippen molar-refractivity contribution in [1.29, 1.82) is 0 Å².